The molecule has 0 bridgehead atoms. The van der Waals surface area contributed by atoms with Gasteiger partial charge < -0.3 is 9.15 Å². The van der Waals surface area contributed by atoms with Crippen molar-refractivity contribution in [1.29, 1.82) is 0 Å². The van der Waals surface area contributed by atoms with E-state index in [0.717, 1.165) is 12.4 Å². The van der Waals surface area contributed by atoms with Crippen LogP contribution in [0.15, 0.2) is 22.8 Å². The number of rotatable bonds is 1. The highest BCUT2D eigenvalue weighted by Gasteiger charge is 2.26. The Hall–Kier alpha value is -0.760. The Morgan fingerprint density at radius 1 is 1.62 bits per heavy atom. The van der Waals surface area contributed by atoms with E-state index in [4.69, 9.17) is 9.15 Å². The zero-order valence-electron chi connectivity index (χ0n) is 4.33. The maximum absolute atomic E-state index is 5.03. The van der Waals surface area contributed by atoms with Crippen molar-refractivity contribution < 1.29 is 9.15 Å². The van der Waals surface area contributed by atoms with E-state index >= 15 is 0 Å². The van der Waals surface area contributed by atoms with Crippen molar-refractivity contribution in [2.75, 3.05) is 6.61 Å². The molecule has 1 atom stereocenters. The van der Waals surface area contributed by atoms with Crippen LogP contribution >= 0.6 is 0 Å². The lowest BCUT2D eigenvalue weighted by Crippen LogP contribution is -1.68. The Morgan fingerprint density at radius 2 is 2.50 bits per heavy atom. The minimum Gasteiger partial charge on any atom is -0.466 e. The molecule has 1 aliphatic heterocycles. The minimum absolute atomic E-state index is 0.269. The smallest absolute Gasteiger partial charge is 0.138 e. The molecule has 2 heteroatoms. The summed E-state index contributed by atoms with van der Waals surface area (Å²) in [7, 11) is 0. The lowest BCUT2D eigenvalue weighted by molar-refractivity contribution is 0.370. The Balaban J connectivity index is 2.28. The highest BCUT2D eigenvalue weighted by molar-refractivity contribution is 5.05. The molecule has 2 heterocycles. The van der Waals surface area contributed by atoms with Crippen LogP contribution in [0.5, 0.6) is 0 Å². The molecule has 8 heavy (non-hydrogen) atoms. The molecule has 0 radical (unpaired) electrons. The van der Waals surface area contributed by atoms with E-state index in [0.29, 0.717) is 0 Å². The maximum Gasteiger partial charge on any atom is 0.138 e. The summed E-state index contributed by atoms with van der Waals surface area (Å²) >= 11 is 0. The molecule has 1 saturated heterocycles. The van der Waals surface area contributed by atoms with E-state index in [2.05, 4.69) is 0 Å². The fraction of sp³-hybridized carbons (Fsp3) is 0.333. The second kappa shape index (κ2) is 1.36. The zero-order chi connectivity index (χ0) is 5.40. The summed E-state index contributed by atoms with van der Waals surface area (Å²) in [6.07, 6.45) is 1.93. The van der Waals surface area contributed by atoms with Gasteiger partial charge in [-0.3, -0.25) is 0 Å². The number of furan rings is 1. The number of ether oxygens (including phenoxy) is 1. The predicted octanol–water partition coefficient (Wildman–Crippen LogP) is 1.35. The van der Waals surface area contributed by atoms with Gasteiger partial charge in [0.1, 0.15) is 11.9 Å². The average Bonchev–Trinajstić information content (AvgIpc) is 2.49. The van der Waals surface area contributed by atoms with Gasteiger partial charge >= 0.3 is 0 Å². The Kier molecular flexibility index (Phi) is 0.704. The third-order valence-electron chi connectivity index (χ3n) is 1.19. The fourth-order valence-electron chi connectivity index (χ4n) is 0.687. The maximum atomic E-state index is 5.03. The van der Waals surface area contributed by atoms with Crippen molar-refractivity contribution in [1.82, 2.24) is 0 Å². The Morgan fingerprint density at radius 3 is 3.00 bits per heavy atom. The molecule has 2 rings (SSSR count). The van der Waals surface area contributed by atoms with Crippen molar-refractivity contribution >= 4 is 0 Å². The zero-order valence-corrected chi connectivity index (χ0v) is 4.33. The van der Waals surface area contributed by atoms with Crippen LogP contribution in [0.25, 0.3) is 0 Å². The summed E-state index contributed by atoms with van der Waals surface area (Å²) in [6.45, 7) is 0.827. The molecule has 1 aromatic heterocycles. The van der Waals surface area contributed by atoms with Crippen molar-refractivity contribution in [3.8, 4) is 0 Å². The van der Waals surface area contributed by atoms with Crippen LogP contribution in [0.3, 0.4) is 0 Å². The van der Waals surface area contributed by atoms with E-state index in [1.807, 2.05) is 12.1 Å². The first-order valence-corrected chi connectivity index (χ1v) is 2.62. The van der Waals surface area contributed by atoms with Crippen LogP contribution in [-0.4, -0.2) is 6.61 Å². The molecule has 1 aromatic rings. The highest BCUT2D eigenvalue weighted by Crippen LogP contribution is 2.29. The van der Waals surface area contributed by atoms with Crippen LogP contribution in [0.4, 0.5) is 0 Å². The highest BCUT2D eigenvalue weighted by atomic mass is 16.6. The Bertz CT molecular complexity index is 163. The lowest BCUT2D eigenvalue weighted by atomic mass is 10.4. The molecular formula is C6H6O2. The normalized spacial score (nSPS) is 25.8. The molecule has 0 N–H and O–H groups in total. The number of epoxide rings is 1. The fourth-order valence-corrected chi connectivity index (χ4v) is 0.687. The van der Waals surface area contributed by atoms with Crippen molar-refractivity contribution in [3.05, 3.63) is 24.2 Å². The average molecular weight is 110 g/mol. The van der Waals surface area contributed by atoms with Crippen LogP contribution < -0.4 is 0 Å². The number of hydrogen-bond acceptors (Lipinski definition) is 2. The van der Waals surface area contributed by atoms with Gasteiger partial charge in [-0.1, -0.05) is 0 Å². The van der Waals surface area contributed by atoms with E-state index < -0.39 is 0 Å². The third kappa shape index (κ3) is 0.537. The SMILES string of the molecule is c1coc(C2CO2)c1. The van der Waals surface area contributed by atoms with Gasteiger partial charge in [0.05, 0.1) is 12.9 Å². The molecule has 0 aliphatic carbocycles. The Labute approximate surface area is 47.1 Å². The van der Waals surface area contributed by atoms with Crippen LogP contribution in [0.2, 0.25) is 0 Å². The lowest BCUT2D eigenvalue weighted by Gasteiger charge is -1.79. The molecule has 0 aromatic carbocycles. The summed E-state index contributed by atoms with van der Waals surface area (Å²) in [4.78, 5) is 0. The minimum atomic E-state index is 0.269. The van der Waals surface area contributed by atoms with Crippen molar-refractivity contribution in [2.24, 2.45) is 0 Å². The van der Waals surface area contributed by atoms with Crippen molar-refractivity contribution in [2.45, 2.75) is 6.10 Å². The molecule has 2 nitrogen and oxygen atoms in total. The van der Waals surface area contributed by atoms with E-state index in [-0.39, 0.29) is 6.10 Å². The number of hydrogen-bond donors (Lipinski definition) is 0. The van der Waals surface area contributed by atoms with Gasteiger partial charge in [-0.15, -0.1) is 0 Å². The first kappa shape index (κ1) is 4.15. The molecule has 0 saturated carbocycles. The molecule has 1 fully saturated rings. The third-order valence-corrected chi connectivity index (χ3v) is 1.19. The molecule has 42 valence electrons. The first-order valence-electron chi connectivity index (χ1n) is 2.62. The largest absolute Gasteiger partial charge is 0.466 e. The summed E-state index contributed by atoms with van der Waals surface area (Å²) in [5, 5.41) is 0. The topological polar surface area (TPSA) is 25.7 Å². The summed E-state index contributed by atoms with van der Waals surface area (Å²) in [5.74, 6) is 0.949. The van der Waals surface area contributed by atoms with Crippen LogP contribution in [0.1, 0.15) is 11.9 Å². The van der Waals surface area contributed by atoms with Gasteiger partial charge in [-0.05, 0) is 12.1 Å². The first-order chi connectivity index (χ1) is 3.97. The summed E-state index contributed by atoms with van der Waals surface area (Å²) < 4.78 is 9.99. The second-order valence-electron chi connectivity index (χ2n) is 1.84. The van der Waals surface area contributed by atoms with Gasteiger partial charge in [0.15, 0.2) is 0 Å². The molecular weight excluding hydrogens is 104 g/mol. The quantitative estimate of drug-likeness (QED) is 0.510. The standard InChI is InChI=1S/C6H6O2/c1-2-5(7-3-1)6-4-8-6/h1-3,6H,4H2. The van der Waals surface area contributed by atoms with Gasteiger partial charge in [0, 0.05) is 0 Å². The molecule has 1 aliphatic rings. The predicted molar refractivity (Wildman–Crippen MR) is 27.4 cm³/mol. The van der Waals surface area contributed by atoms with E-state index in [1.165, 1.54) is 0 Å². The molecule has 0 spiro atoms. The monoisotopic (exact) mass is 110 g/mol. The van der Waals surface area contributed by atoms with Crippen molar-refractivity contribution in [3.63, 3.8) is 0 Å². The van der Waals surface area contributed by atoms with Gasteiger partial charge in [-0.25, -0.2) is 0 Å². The van der Waals surface area contributed by atoms with Gasteiger partial charge in [0.2, 0.25) is 0 Å². The van der Waals surface area contributed by atoms with Crippen LogP contribution in [0, 0.1) is 0 Å². The van der Waals surface area contributed by atoms with E-state index in [1.54, 1.807) is 6.26 Å². The molecule has 0 amide bonds. The summed E-state index contributed by atoms with van der Waals surface area (Å²) in [5.41, 5.74) is 0. The van der Waals surface area contributed by atoms with E-state index in [9.17, 15) is 0 Å². The van der Waals surface area contributed by atoms with Crippen LogP contribution in [-0.2, 0) is 4.74 Å². The second-order valence-corrected chi connectivity index (χ2v) is 1.84. The summed E-state index contributed by atoms with van der Waals surface area (Å²) in [6, 6.07) is 3.80. The van der Waals surface area contributed by atoms with Gasteiger partial charge in [-0.2, -0.15) is 0 Å². The molecule has 1 unspecified atom stereocenters. The van der Waals surface area contributed by atoms with Gasteiger partial charge in [0.25, 0.3) is 0 Å².